The smallest absolute Gasteiger partial charge is 0.220 e. The molecule has 0 radical (unpaired) electrons. The van der Waals surface area contributed by atoms with Crippen molar-refractivity contribution < 1.29 is 4.79 Å². The number of rotatable bonds is 6. The third-order valence-corrected chi connectivity index (χ3v) is 4.23. The monoisotopic (exact) mass is 254 g/mol. The zero-order valence-corrected chi connectivity index (χ0v) is 12.2. The third kappa shape index (κ3) is 4.97. The Labute approximate surface area is 112 Å². The Kier molecular flexibility index (Phi) is 6.69. The molecule has 3 unspecified atom stereocenters. The van der Waals surface area contributed by atoms with E-state index in [0.29, 0.717) is 30.8 Å². The van der Waals surface area contributed by atoms with Crippen LogP contribution in [0.1, 0.15) is 59.3 Å². The summed E-state index contributed by atoms with van der Waals surface area (Å²) < 4.78 is 0. The SMILES string of the molecule is CC1CCC(C(C)C)C(NC(=O)CCCCN)C1. The Bertz CT molecular complexity index is 253. The topological polar surface area (TPSA) is 55.1 Å². The van der Waals surface area contributed by atoms with Crippen molar-refractivity contribution in [3.05, 3.63) is 0 Å². The lowest BCUT2D eigenvalue weighted by atomic mass is 9.74. The molecule has 1 aliphatic carbocycles. The van der Waals surface area contributed by atoms with Gasteiger partial charge in [-0.15, -0.1) is 0 Å². The van der Waals surface area contributed by atoms with Crippen LogP contribution in [-0.4, -0.2) is 18.5 Å². The average Bonchev–Trinajstić information content (AvgIpc) is 2.29. The predicted octanol–water partition coefficient (Wildman–Crippen LogP) is 2.69. The van der Waals surface area contributed by atoms with Crippen molar-refractivity contribution >= 4 is 5.91 Å². The number of carbonyl (C=O) groups excluding carboxylic acids is 1. The molecule has 3 N–H and O–H groups in total. The van der Waals surface area contributed by atoms with E-state index in [1.807, 2.05) is 0 Å². The van der Waals surface area contributed by atoms with Gasteiger partial charge in [0, 0.05) is 12.5 Å². The molecule has 0 aromatic heterocycles. The highest BCUT2D eigenvalue weighted by atomic mass is 16.1. The number of nitrogens with two attached hydrogens (primary N) is 1. The lowest BCUT2D eigenvalue weighted by molar-refractivity contribution is -0.122. The van der Waals surface area contributed by atoms with Crippen LogP contribution in [0.15, 0.2) is 0 Å². The van der Waals surface area contributed by atoms with E-state index in [-0.39, 0.29) is 5.91 Å². The van der Waals surface area contributed by atoms with Crippen molar-refractivity contribution in [2.45, 2.75) is 65.3 Å². The van der Waals surface area contributed by atoms with Crippen LogP contribution in [0, 0.1) is 17.8 Å². The average molecular weight is 254 g/mol. The molecule has 0 aliphatic heterocycles. The summed E-state index contributed by atoms with van der Waals surface area (Å²) in [6, 6.07) is 0.388. The normalized spacial score (nSPS) is 28.4. The number of amides is 1. The van der Waals surface area contributed by atoms with Crippen LogP contribution < -0.4 is 11.1 Å². The second-order valence-corrected chi connectivity index (χ2v) is 6.25. The highest BCUT2D eigenvalue weighted by molar-refractivity contribution is 5.76. The highest BCUT2D eigenvalue weighted by Crippen LogP contribution is 2.33. The first-order valence-electron chi connectivity index (χ1n) is 7.54. The van der Waals surface area contributed by atoms with Gasteiger partial charge in [-0.2, -0.15) is 0 Å². The van der Waals surface area contributed by atoms with Gasteiger partial charge in [0.05, 0.1) is 0 Å². The van der Waals surface area contributed by atoms with Crippen LogP contribution in [-0.2, 0) is 4.79 Å². The molecule has 1 rings (SSSR count). The van der Waals surface area contributed by atoms with Crippen LogP contribution in [0.2, 0.25) is 0 Å². The molecule has 0 saturated heterocycles. The molecule has 0 heterocycles. The van der Waals surface area contributed by atoms with E-state index in [0.717, 1.165) is 25.2 Å². The molecular formula is C15H30N2O. The summed E-state index contributed by atoms with van der Waals surface area (Å²) in [7, 11) is 0. The minimum atomic E-state index is 0.216. The lowest BCUT2D eigenvalue weighted by Crippen LogP contribution is -2.45. The molecule has 0 bridgehead atoms. The minimum Gasteiger partial charge on any atom is -0.353 e. The fourth-order valence-electron chi connectivity index (χ4n) is 3.08. The Morgan fingerprint density at radius 1 is 1.33 bits per heavy atom. The van der Waals surface area contributed by atoms with Gasteiger partial charge >= 0.3 is 0 Å². The van der Waals surface area contributed by atoms with E-state index < -0.39 is 0 Å². The maximum absolute atomic E-state index is 11.9. The van der Waals surface area contributed by atoms with Crippen LogP contribution in [0.25, 0.3) is 0 Å². The number of hydrogen-bond donors (Lipinski definition) is 2. The standard InChI is InChI=1S/C15H30N2O/c1-11(2)13-8-7-12(3)10-14(13)17-15(18)6-4-5-9-16/h11-14H,4-10,16H2,1-3H3,(H,17,18). The molecule has 0 aromatic rings. The summed E-state index contributed by atoms with van der Waals surface area (Å²) in [5.41, 5.74) is 5.45. The summed E-state index contributed by atoms with van der Waals surface area (Å²) in [4.78, 5) is 11.9. The summed E-state index contributed by atoms with van der Waals surface area (Å²) in [5.74, 6) is 2.27. The van der Waals surface area contributed by atoms with E-state index in [1.54, 1.807) is 0 Å². The second kappa shape index (κ2) is 7.78. The maximum Gasteiger partial charge on any atom is 0.220 e. The van der Waals surface area contributed by atoms with Gasteiger partial charge in [0.15, 0.2) is 0 Å². The molecule has 1 aliphatic rings. The summed E-state index contributed by atoms with van der Waals surface area (Å²) in [5, 5.41) is 3.26. The number of nitrogens with one attached hydrogen (secondary N) is 1. The van der Waals surface area contributed by atoms with Crippen molar-refractivity contribution in [3.8, 4) is 0 Å². The van der Waals surface area contributed by atoms with E-state index in [4.69, 9.17) is 5.73 Å². The van der Waals surface area contributed by atoms with Gasteiger partial charge in [-0.05, 0) is 50.0 Å². The quantitative estimate of drug-likeness (QED) is 0.716. The van der Waals surface area contributed by atoms with Crippen LogP contribution in [0.5, 0.6) is 0 Å². The molecule has 3 heteroatoms. The summed E-state index contributed by atoms with van der Waals surface area (Å²) in [6.45, 7) is 7.52. The molecule has 106 valence electrons. The Morgan fingerprint density at radius 2 is 2.06 bits per heavy atom. The minimum absolute atomic E-state index is 0.216. The van der Waals surface area contributed by atoms with Crippen molar-refractivity contribution in [2.75, 3.05) is 6.54 Å². The number of carbonyl (C=O) groups is 1. The summed E-state index contributed by atoms with van der Waals surface area (Å²) >= 11 is 0. The fraction of sp³-hybridized carbons (Fsp3) is 0.933. The lowest BCUT2D eigenvalue weighted by Gasteiger charge is -2.37. The number of unbranched alkanes of at least 4 members (excludes halogenated alkanes) is 1. The molecular weight excluding hydrogens is 224 g/mol. The van der Waals surface area contributed by atoms with E-state index in [2.05, 4.69) is 26.1 Å². The Morgan fingerprint density at radius 3 is 2.67 bits per heavy atom. The first kappa shape index (κ1) is 15.5. The molecule has 1 saturated carbocycles. The van der Waals surface area contributed by atoms with Gasteiger partial charge in [-0.25, -0.2) is 0 Å². The molecule has 1 fully saturated rings. The van der Waals surface area contributed by atoms with Crippen LogP contribution >= 0.6 is 0 Å². The zero-order chi connectivity index (χ0) is 13.5. The molecule has 0 spiro atoms. The Balaban J connectivity index is 2.42. The summed E-state index contributed by atoms with van der Waals surface area (Å²) in [6.07, 6.45) is 6.20. The largest absolute Gasteiger partial charge is 0.353 e. The van der Waals surface area contributed by atoms with Gasteiger partial charge in [-0.3, -0.25) is 4.79 Å². The zero-order valence-electron chi connectivity index (χ0n) is 12.2. The fourth-order valence-corrected chi connectivity index (χ4v) is 3.08. The molecule has 18 heavy (non-hydrogen) atoms. The molecule has 0 aromatic carbocycles. The van der Waals surface area contributed by atoms with E-state index >= 15 is 0 Å². The molecule has 3 atom stereocenters. The Hall–Kier alpha value is -0.570. The predicted molar refractivity (Wildman–Crippen MR) is 76.2 cm³/mol. The van der Waals surface area contributed by atoms with Crippen LogP contribution in [0.3, 0.4) is 0 Å². The van der Waals surface area contributed by atoms with Crippen molar-refractivity contribution in [1.82, 2.24) is 5.32 Å². The van der Waals surface area contributed by atoms with E-state index in [9.17, 15) is 4.79 Å². The molecule has 3 nitrogen and oxygen atoms in total. The van der Waals surface area contributed by atoms with Gasteiger partial charge in [0.2, 0.25) is 5.91 Å². The van der Waals surface area contributed by atoms with Gasteiger partial charge < -0.3 is 11.1 Å². The first-order chi connectivity index (χ1) is 8.54. The maximum atomic E-state index is 11.9. The third-order valence-electron chi connectivity index (χ3n) is 4.23. The van der Waals surface area contributed by atoms with Gasteiger partial charge in [-0.1, -0.05) is 27.2 Å². The number of hydrogen-bond acceptors (Lipinski definition) is 2. The molecule has 1 amide bonds. The van der Waals surface area contributed by atoms with Crippen molar-refractivity contribution in [1.29, 1.82) is 0 Å². The van der Waals surface area contributed by atoms with Crippen molar-refractivity contribution in [3.63, 3.8) is 0 Å². The van der Waals surface area contributed by atoms with Crippen molar-refractivity contribution in [2.24, 2.45) is 23.5 Å². The highest BCUT2D eigenvalue weighted by Gasteiger charge is 2.31. The van der Waals surface area contributed by atoms with Crippen LogP contribution in [0.4, 0.5) is 0 Å². The first-order valence-corrected chi connectivity index (χ1v) is 7.54. The second-order valence-electron chi connectivity index (χ2n) is 6.25. The van der Waals surface area contributed by atoms with E-state index in [1.165, 1.54) is 12.8 Å². The van der Waals surface area contributed by atoms with Gasteiger partial charge in [0.1, 0.15) is 0 Å². The van der Waals surface area contributed by atoms with Gasteiger partial charge in [0.25, 0.3) is 0 Å².